The van der Waals surface area contributed by atoms with Gasteiger partial charge >= 0.3 is 0 Å². The van der Waals surface area contributed by atoms with E-state index in [9.17, 15) is 9.18 Å². The van der Waals surface area contributed by atoms with Gasteiger partial charge in [0.05, 0.1) is 12.3 Å². The Morgan fingerprint density at radius 2 is 1.96 bits per heavy atom. The normalized spacial score (nSPS) is 19.5. The van der Waals surface area contributed by atoms with Crippen molar-refractivity contribution in [3.8, 4) is 5.75 Å². The van der Waals surface area contributed by atoms with Crippen molar-refractivity contribution in [1.82, 2.24) is 10.2 Å². The second kappa shape index (κ2) is 7.56. The molecule has 0 aliphatic carbocycles. The van der Waals surface area contributed by atoms with Crippen LogP contribution in [0.25, 0.3) is 0 Å². The van der Waals surface area contributed by atoms with Gasteiger partial charge in [0, 0.05) is 49.8 Å². The Balaban J connectivity index is 1.39. The highest BCUT2D eigenvalue weighted by Crippen LogP contribution is 2.32. The molecule has 2 aliphatic heterocycles. The van der Waals surface area contributed by atoms with Gasteiger partial charge in [-0.05, 0) is 31.3 Å². The van der Waals surface area contributed by atoms with Crippen LogP contribution in [-0.4, -0.2) is 57.2 Å². The van der Waals surface area contributed by atoms with Gasteiger partial charge in [0.15, 0.2) is 0 Å². The summed E-state index contributed by atoms with van der Waals surface area (Å²) in [6.07, 6.45) is 0. The van der Waals surface area contributed by atoms with Crippen LogP contribution >= 0.6 is 0 Å². The first kappa shape index (κ1) is 17.8. The van der Waals surface area contributed by atoms with E-state index in [0.717, 1.165) is 37.5 Å². The van der Waals surface area contributed by atoms with Crippen LogP contribution in [0.2, 0.25) is 0 Å². The molecular weight excluding hydrogens is 345 g/mol. The molecule has 1 unspecified atom stereocenters. The van der Waals surface area contributed by atoms with Crippen molar-refractivity contribution in [1.29, 1.82) is 0 Å². The van der Waals surface area contributed by atoms with Gasteiger partial charge in [-0.3, -0.25) is 4.79 Å². The van der Waals surface area contributed by atoms with E-state index in [1.165, 1.54) is 6.07 Å². The van der Waals surface area contributed by atoms with Gasteiger partial charge in [0.25, 0.3) is 5.91 Å². The molecule has 2 heterocycles. The number of carbonyl (C=O) groups excluding carboxylic acids is 1. The fourth-order valence-corrected chi connectivity index (χ4v) is 3.67. The van der Waals surface area contributed by atoms with Crippen molar-refractivity contribution in [2.24, 2.45) is 0 Å². The Bertz CT molecular complexity index is 834. The van der Waals surface area contributed by atoms with E-state index in [1.54, 1.807) is 12.1 Å². The zero-order valence-corrected chi connectivity index (χ0v) is 15.5. The number of fused-ring (bicyclic) bond motifs is 1. The summed E-state index contributed by atoms with van der Waals surface area (Å²) in [6, 6.07) is 12.6. The minimum absolute atomic E-state index is 0.125. The second-order valence-electron chi connectivity index (χ2n) is 7.21. The van der Waals surface area contributed by atoms with Crippen molar-refractivity contribution < 1.29 is 13.9 Å². The number of anilines is 1. The number of para-hydroxylation sites is 1. The van der Waals surface area contributed by atoms with Crippen molar-refractivity contribution in [2.75, 3.05) is 51.3 Å². The van der Waals surface area contributed by atoms with E-state index in [0.29, 0.717) is 24.4 Å². The molecule has 0 spiro atoms. The number of carbonyl (C=O) groups is 1. The van der Waals surface area contributed by atoms with Gasteiger partial charge in [0.2, 0.25) is 0 Å². The van der Waals surface area contributed by atoms with Gasteiger partial charge in [-0.25, -0.2) is 4.39 Å². The lowest BCUT2D eigenvalue weighted by molar-refractivity contribution is 0.0949. The zero-order chi connectivity index (χ0) is 18.8. The number of ether oxygens (including phenoxy) is 1. The average Bonchev–Trinajstić information content (AvgIpc) is 3.10. The van der Waals surface area contributed by atoms with E-state index < -0.39 is 0 Å². The number of halogens is 1. The number of nitrogens with one attached hydrogen (secondary N) is 1. The van der Waals surface area contributed by atoms with Crippen LogP contribution in [-0.2, 0) is 0 Å². The lowest BCUT2D eigenvalue weighted by atomic mass is 10.0. The molecule has 1 saturated heterocycles. The van der Waals surface area contributed by atoms with Crippen LogP contribution in [0.4, 0.5) is 10.1 Å². The highest BCUT2D eigenvalue weighted by atomic mass is 19.1. The van der Waals surface area contributed by atoms with Crippen LogP contribution in [0.3, 0.4) is 0 Å². The van der Waals surface area contributed by atoms with E-state index in [-0.39, 0.29) is 17.6 Å². The van der Waals surface area contributed by atoms with Gasteiger partial charge in [-0.1, -0.05) is 18.2 Å². The maximum atomic E-state index is 14.6. The quantitative estimate of drug-likeness (QED) is 0.899. The van der Waals surface area contributed by atoms with E-state index in [4.69, 9.17) is 4.74 Å². The zero-order valence-electron chi connectivity index (χ0n) is 15.5. The molecule has 142 valence electrons. The van der Waals surface area contributed by atoms with Crippen molar-refractivity contribution in [3.05, 3.63) is 59.4 Å². The predicted octanol–water partition coefficient (Wildman–Crippen LogP) is 2.48. The number of rotatable bonds is 4. The summed E-state index contributed by atoms with van der Waals surface area (Å²) in [5.74, 6) is 0.392. The number of nitrogens with zero attached hydrogens (tertiary/aromatic N) is 2. The van der Waals surface area contributed by atoms with Crippen LogP contribution in [0.5, 0.6) is 5.75 Å². The molecule has 0 aromatic heterocycles. The third-order valence-corrected chi connectivity index (χ3v) is 5.36. The fraction of sp³-hybridized carbons (Fsp3) is 0.381. The van der Waals surface area contributed by atoms with Gasteiger partial charge in [-0.2, -0.15) is 0 Å². The maximum Gasteiger partial charge on any atom is 0.251 e. The fourth-order valence-electron chi connectivity index (χ4n) is 3.67. The smallest absolute Gasteiger partial charge is 0.251 e. The molecule has 2 aromatic carbocycles. The number of benzene rings is 2. The molecule has 2 aromatic rings. The molecule has 0 saturated carbocycles. The molecule has 2 aliphatic rings. The van der Waals surface area contributed by atoms with Crippen LogP contribution < -0.4 is 15.0 Å². The molecule has 1 fully saturated rings. The number of hydrogen-bond donors (Lipinski definition) is 1. The summed E-state index contributed by atoms with van der Waals surface area (Å²) in [7, 11) is 2.06. The van der Waals surface area contributed by atoms with Crippen molar-refractivity contribution in [3.63, 3.8) is 0 Å². The highest BCUT2D eigenvalue weighted by Gasteiger charge is 2.24. The molecule has 27 heavy (non-hydrogen) atoms. The van der Waals surface area contributed by atoms with Crippen molar-refractivity contribution in [2.45, 2.75) is 5.92 Å². The number of hydrogen-bond acceptors (Lipinski definition) is 4. The Hall–Kier alpha value is -2.60. The largest absolute Gasteiger partial charge is 0.493 e. The van der Waals surface area contributed by atoms with Gasteiger partial charge < -0.3 is 19.9 Å². The van der Waals surface area contributed by atoms with Gasteiger partial charge in [0.1, 0.15) is 11.6 Å². The third-order valence-electron chi connectivity index (χ3n) is 5.36. The Morgan fingerprint density at radius 3 is 2.74 bits per heavy atom. The SMILES string of the molecule is CN1CCN(c2ccc(C(=O)NCC3COc4ccccc43)cc2F)CC1. The van der Waals surface area contributed by atoms with Crippen molar-refractivity contribution >= 4 is 11.6 Å². The molecule has 0 radical (unpaired) electrons. The third kappa shape index (κ3) is 3.76. The molecule has 5 nitrogen and oxygen atoms in total. The molecular formula is C21H24FN3O2. The Labute approximate surface area is 158 Å². The summed E-state index contributed by atoms with van der Waals surface area (Å²) in [4.78, 5) is 16.7. The topological polar surface area (TPSA) is 44.8 Å². The first-order valence-electron chi connectivity index (χ1n) is 9.35. The minimum Gasteiger partial charge on any atom is -0.493 e. The number of piperazine rings is 1. The summed E-state index contributed by atoms with van der Waals surface area (Å²) >= 11 is 0. The Morgan fingerprint density at radius 1 is 1.19 bits per heavy atom. The summed E-state index contributed by atoms with van der Waals surface area (Å²) in [5, 5.41) is 2.91. The summed E-state index contributed by atoms with van der Waals surface area (Å²) < 4.78 is 20.2. The predicted molar refractivity (Wildman–Crippen MR) is 103 cm³/mol. The standard InChI is InChI=1S/C21H24FN3O2/c1-24-8-10-25(11-9-24)19-7-6-15(12-18(19)22)21(26)23-13-16-14-27-20-5-3-2-4-17(16)20/h2-7,12,16H,8-11,13-14H2,1H3,(H,23,26). The van der Waals surface area contributed by atoms with Gasteiger partial charge in [-0.15, -0.1) is 0 Å². The monoisotopic (exact) mass is 369 g/mol. The minimum atomic E-state index is -0.346. The van der Waals surface area contributed by atoms with Crippen LogP contribution in [0.1, 0.15) is 21.8 Å². The van der Waals surface area contributed by atoms with E-state index in [1.807, 2.05) is 29.2 Å². The Kier molecular flexibility index (Phi) is 4.99. The summed E-state index contributed by atoms with van der Waals surface area (Å²) in [6.45, 7) is 4.42. The molecule has 1 atom stereocenters. The molecule has 6 heteroatoms. The second-order valence-corrected chi connectivity index (χ2v) is 7.21. The van der Waals surface area contributed by atoms with E-state index in [2.05, 4.69) is 17.3 Å². The highest BCUT2D eigenvalue weighted by molar-refractivity contribution is 5.94. The molecule has 4 rings (SSSR count). The first-order valence-corrected chi connectivity index (χ1v) is 9.35. The lowest BCUT2D eigenvalue weighted by Crippen LogP contribution is -2.44. The van der Waals surface area contributed by atoms with Crippen LogP contribution in [0.15, 0.2) is 42.5 Å². The molecule has 1 N–H and O–H groups in total. The molecule has 0 bridgehead atoms. The van der Waals surface area contributed by atoms with Crippen LogP contribution in [0, 0.1) is 5.82 Å². The lowest BCUT2D eigenvalue weighted by Gasteiger charge is -2.34. The van der Waals surface area contributed by atoms with E-state index >= 15 is 0 Å². The maximum absolute atomic E-state index is 14.6. The summed E-state index contributed by atoms with van der Waals surface area (Å²) in [5.41, 5.74) is 2.02. The molecule has 1 amide bonds. The number of likely N-dealkylation sites (N-methyl/N-ethyl adjacent to an activating group) is 1. The number of amides is 1. The first-order chi connectivity index (χ1) is 13.1. The average molecular weight is 369 g/mol.